The number of hydrogen-bond acceptors (Lipinski definition) is 4. The van der Waals surface area contributed by atoms with Gasteiger partial charge in [-0.3, -0.25) is 4.79 Å². The summed E-state index contributed by atoms with van der Waals surface area (Å²) in [5.41, 5.74) is 3.60. The van der Waals surface area contributed by atoms with Gasteiger partial charge in [0.25, 0.3) is 0 Å². The van der Waals surface area contributed by atoms with Crippen molar-refractivity contribution in [3.63, 3.8) is 0 Å². The number of aryl methyl sites for hydroxylation is 1. The van der Waals surface area contributed by atoms with Crippen molar-refractivity contribution in [3.8, 4) is 11.3 Å². The van der Waals surface area contributed by atoms with Gasteiger partial charge in [-0.15, -0.1) is 11.3 Å². The van der Waals surface area contributed by atoms with Crippen molar-refractivity contribution >= 4 is 34.7 Å². The number of amides is 1. The van der Waals surface area contributed by atoms with Gasteiger partial charge in [0.05, 0.1) is 11.4 Å². The molecule has 0 aliphatic carbocycles. The summed E-state index contributed by atoms with van der Waals surface area (Å²) in [6.45, 7) is 2.00. The van der Waals surface area contributed by atoms with Crippen LogP contribution in [0.5, 0.6) is 0 Å². The molecule has 0 unspecified atom stereocenters. The van der Waals surface area contributed by atoms with E-state index in [9.17, 15) is 9.18 Å². The second kappa shape index (κ2) is 7.59. The fraction of sp³-hybridized carbons (Fsp3) is 0.111. The topological polar surface area (TPSA) is 42.0 Å². The molecule has 1 amide bonds. The first-order valence-corrected chi connectivity index (χ1v) is 9.17. The highest BCUT2D eigenvalue weighted by molar-refractivity contribution is 8.01. The second-order valence-corrected chi connectivity index (χ2v) is 7.29. The molecular formula is C18H15FN2OS2. The number of halogens is 1. The van der Waals surface area contributed by atoms with E-state index in [1.54, 1.807) is 12.1 Å². The van der Waals surface area contributed by atoms with Crippen molar-refractivity contribution in [1.82, 2.24) is 4.98 Å². The minimum Gasteiger partial charge on any atom is -0.325 e. The second-order valence-electron chi connectivity index (χ2n) is 5.21. The average molecular weight is 358 g/mol. The maximum atomic E-state index is 13.0. The highest BCUT2D eigenvalue weighted by Gasteiger charge is 2.08. The Balaban J connectivity index is 1.56. The number of thiazole rings is 1. The summed E-state index contributed by atoms with van der Waals surface area (Å²) in [4.78, 5) is 16.5. The molecule has 0 atom stereocenters. The predicted molar refractivity (Wildman–Crippen MR) is 98.0 cm³/mol. The SMILES string of the molecule is Cc1ccc(NC(=O)CSc2nc(-c3ccc(F)cc3)cs2)cc1. The summed E-state index contributed by atoms with van der Waals surface area (Å²) in [7, 11) is 0. The quantitative estimate of drug-likeness (QED) is 0.654. The van der Waals surface area contributed by atoms with Crippen LogP contribution in [-0.2, 0) is 4.79 Å². The average Bonchev–Trinajstić information content (AvgIpc) is 3.05. The highest BCUT2D eigenvalue weighted by Crippen LogP contribution is 2.28. The number of nitrogens with one attached hydrogen (secondary N) is 1. The van der Waals surface area contributed by atoms with Gasteiger partial charge in [-0.1, -0.05) is 29.5 Å². The van der Waals surface area contributed by atoms with Crippen LogP contribution >= 0.6 is 23.1 Å². The lowest BCUT2D eigenvalue weighted by molar-refractivity contribution is -0.113. The van der Waals surface area contributed by atoms with Crippen molar-refractivity contribution in [2.75, 3.05) is 11.1 Å². The van der Waals surface area contributed by atoms with Crippen molar-refractivity contribution in [3.05, 3.63) is 65.3 Å². The highest BCUT2D eigenvalue weighted by atomic mass is 32.2. The lowest BCUT2D eigenvalue weighted by Gasteiger charge is -2.04. The van der Waals surface area contributed by atoms with Crippen molar-refractivity contribution in [2.24, 2.45) is 0 Å². The third kappa shape index (κ3) is 4.43. The smallest absolute Gasteiger partial charge is 0.234 e. The zero-order valence-electron chi connectivity index (χ0n) is 13.0. The molecular weight excluding hydrogens is 343 g/mol. The van der Waals surface area contributed by atoms with E-state index in [0.717, 1.165) is 26.8 Å². The third-order valence-electron chi connectivity index (χ3n) is 3.29. The van der Waals surface area contributed by atoms with E-state index in [0.29, 0.717) is 5.75 Å². The van der Waals surface area contributed by atoms with Gasteiger partial charge in [0, 0.05) is 16.6 Å². The van der Waals surface area contributed by atoms with Crippen LogP contribution in [-0.4, -0.2) is 16.6 Å². The van der Waals surface area contributed by atoms with Crippen LogP contribution < -0.4 is 5.32 Å². The molecule has 0 fully saturated rings. The number of benzene rings is 2. The van der Waals surface area contributed by atoms with E-state index in [4.69, 9.17) is 0 Å². The number of carbonyl (C=O) groups is 1. The van der Waals surface area contributed by atoms with Gasteiger partial charge < -0.3 is 5.32 Å². The largest absolute Gasteiger partial charge is 0.325 e. The summed E-state index contributed by atoms with van der Waals surface area (Å²) >= 11 is 2.87. The molecule has 0 bridgehead atoms. The Kier molecular flexibility index (Phi) is 5.27. The lowest BCUT2D eigenvalue weighted by Crippen LogP contribution is -2.13. The molecule has 6 heteroatoms. The Bertz CT molecular complexity index is 829. The summed E-state index contributed by atoms with van der Waals surface area (Å²) in [5, 5.41) is 4.77. The van der Waals surface area contributed by atoms with Gasteiger partial charge in [-0.25, -0.2) is 9.37 Å². The molecule has 1 aromatic heterocycles. The number of thioether (sulfide) groups is 1. The maximum Gasteiger partial charge on any atom is 0.234 e. The van der Waals surface area contributed by atoms with Crippen molar-refractivity contribution in [1.29, 1.82) is 0 Å². The number of rotatable bonds is 5. The minimum atomic E-state index is -0.267. The van der Waals surface area contributed by atoms with Gasteiger partial charge in [0.1, 0.15) is 5.82 Å². The van der Waals surface area contributed by atoms with Crippen LogP contribution in [0, 0.1) is 12.7 Å². The minimum absolute atomic E-state index is 0.0672. The molecule has 3 nitrogen and oxygen atoms in total. The number of aromatic nitrogens is 1. The fourth-order valence-electron chi connectivity index (χ4n) is 2.04. The molecule has 0 radical (unpaired) electrons. The number of anilines is 1. The molecule has 3 aromatic rings. The lowest BCUT2D eigenvalue weighted by atomic mass is 10.2. The molecule has 0 spiro atoms. The van der Waals surface area contributed by atoms with E-state index in [1.807, 2.05) is 36.6 Å². The van der Waals surface area contributed by atoms with Gasteiger partial charge in [-0.2, -0.15) is 0 Å². The van der Waals surface area contributed by atoms with Crippen LogP contribution in [0.15, 0.2) is 58.3 Å². The predicted octanol–water partition coefficient (Wildman–Crippen LogP) is 4.99. The first-order chi connectivity index (χ1) is 11.6. The Morgan fingerprint density at radius 3 is 2.58 bits per heavy atom. The van der Waals surface area contributed by atoms with E-state index in [1.165, 1.54) is 35.2 Å². The van der Waals surface area contributed by atoms with E-state index in [-0.39, 0.29) is 11.7 Å². The molecule has 1 heterocycles. The molecule has 122 valence electrons. The summed E-state index contributed by atoms with van der Waals surface area (Å²) < 4.78 is 13.8. The van der Waals surface area contributed by atoms with Gasteiger partial charge >= 0.3 is 0 Å². The standard InChI is InChI=1S/C18H15FN2OS2/c1-12-2-8-15(9-3-12)20-17(22)11-24-18-21-16(10-23-18)13-4-6-14(19)7-5-13/h2-10H,11H2,1H3,(H,20,22). The summed E-state index contributed by atoms with van der Waals surface area (Å²) in [6.07, 6.45) is 0. The normalized spacial score (nSPS) is 10.6. The Morgan fingerprint density at radius 2 is 1.88 bits per heavy atom. The Hall–Kier alpha value is -2.18. The van der Waals surface area contributed by atoms with Crippen molar-refractivity contribution < 1.29 is 9.18 Å². The van der Waals surface area contributed by atoms with Gasteiger partial charge in [-0.05, 0) is 43.3 Å². The van der Waals surface area contributed by atoms with Crippen LogP contribution in [0.25, 0.3) is 11.3 Å². The van der Waals surface area contributed by atoms with Crippen LogP contribution in [0.2, 0.25) is 0 Å². The number of hydrogen-bond donors (Lipinski definition) is 1. The molecule has 2 aromatic carbocycles. The zero-order chi connectivity index (χ0) is 16.9. The zero-order valence-corrected chi connectivity index (χ0v) is 14.6. The van der Waals surface area contributed by atoms with E-state index < -0.39 is 0 Å². The molecule has 0 aliphatic heterocycles. The fourth-order valence-corrected chi connectivity index (χ4v) is 3.67. The molecule has 3 rings (SSSR count). The van der Waals surface area contributed by atoms with Crippen LogP contribution in [0.3, 0.4) is 0 Å². The van der Waals surface area contributed by atoms with E-state index >= 15 is 0 Å². The molecule has 0 saturated carbocycles. The number of nitrogens with zero attached hydrogens (tertiary/aromatic N) is 1. The molecule has 1 N–H and O–H groups in total. The molecule has 0 saturated heterocycles. The summed E-state index contributed by atoms with van der Waals surface area (Å²) in [5.74, 6) is -0.0386. The third-order valence-corrected chi connectivity index (χ3v) is 5.31. The first-order valence-electron chi connectivity index (χ1n) is 7.31. The molecule has 24 heavy (non-hydrogen) atoms. The summed E-state index contributed by atoms with van der Waals surface area (Å²) in [6, 6.07) is 13.9. The van der Waals surface area contributed by atoms with Crippen molar-refractivity contribution in [2.45, 2.75) is 11.3 Å². The Morgan fingerprint density at radius 1 is 1.17 bits per heavy atom. The van der Waals surface area contributed by atoms with Gasteiger partial charge in [0.2, 0.25) is 5.91 Å². The monoisotopic (exact) mass is 358 g/mol. The first kappa shape index (κ1) is 16.7. The Labute approximate surface area is 148 Å². The van der Waals surface area contributed by atoms with Gasteiger partial charge in [0.15, 0.2) is 4.34 Å². The maximum absolute atomic E-state index is 13.0. The number of carbonyl (C=O) groups excluding carboxylic acids is 1. The van der Waals surface area contributed by atoms with E-state index in [2.05, 4.69) is 10.3 Å². The van der Waals surface area contributed by atoms with Crippen LogP contribution in [0.4, 0.5) is 10.1 Å². The van der Waals surface area contributed by atoms with Crippen LogP contribution in [0.1, 0.15) is 5.56 Å². The molecule has 0 aliphatic rings.